The maximum Gasteiger partial charge on any atom is 0.387 e. The van der Waals surface area contributed by atoms with Crippen LogP contribution in [0.5, 0.6) is 5.75 Å². The Balaban J connectivity index is 2.13. The number of H-pyrrole nitrogens is 1. The smallest absolute Gasteiger partial charge is 0.387 e. The van der Waals surface area contributed by atoms with Crippen molar-refractivity contribution in [2.24, 2.45) is 5.73 Å². The highest BCUT2D eigenvalue weighted by Crippen LogP contribution is 2.24. The van der Waals surface area contributed by atoms with Gasteiger partial charge in [0.05, 0.1) is 17.9 Å². The Hall–Kier alpha value is -1.99. The van der Waals surface area contributed by atoms with Crippen molar-refractivity contribution in [3.63, 3.8) is 0 Å². The molecule has 0 bridgehead atoms. The van der Waals surface area contributed by atoms with Crippen molar-refractivity contribution in [2.45, 2.75) is 19.1 Å². The van der Waals surface area contributed by atoms with Gasteiger partial charge in [0.1, 0.15) is 11.6 Å². The monoisotopic (exact) mass is 297 g/mol. The van der Waals surface area contributed by atoms with Crippen molar-refractivity contribution in [1.29, 1.82) is 0 Å². The highest BCUT2D eigenvalue weighted by atomic mass is 19.3. The molecule has 5 nitrogen and oxygen atoms in total. The van der Waals surface area contributed by atoms with Gasteiger partial charge < -0.3 is 20.2 Å². The number of hydrogen-bond donors (Lipinski definition) is 2. The van der Waals surface area contributed by atoms with E-state index in [4.69, 9.17) is 10.5 Å². The second-order valence-electron chi connectivity index (χ2n) is 4.48. The molecule has 0 fully saturated rings. The predicted molar refractivity (Wildman–Crippen MR) is 74.1 cm³/mol. The number of rotatable bonds is 7. The summed E-state index contributed by atoms with van der Waals surface area (Å²) >= 11 is 0. The molecule has 7 heteroatoms. The Labute approximate surface area is 121 Å². The maximum atomic E-state index is 12.2. The predicted octanol–water partition coefficient (Wildman–Crippen LogP) is 2.71. The van der Waals surface area contributed by atoms with Crippen LogP contribution >= 0.6 is 0 Å². The van der Waals surface area contributed by atoms with Gasteiger partial charge in [-0.15, -0.1) is 0 Å². The first kappa shape index (κ1) is 15.4. The van der Waals surface area contributed by atoms with Gasteiger partial charge in [-0.25, -0.2) is 4.98 Å². The van der Waals surface area contributed by atoms with Crippen molar-refractivity contribution in [3.05, 3.63) is 36.3 Å². The fraction of sp³-hybridized carbons (Fsp3) is 0.357. The van der Waals surface area contributed by atoms with E-state index in [1.54, 1.807) is 25.4 Å². The van der Waals surface area contributed by atoms with Crippen LogP contribution in [0.3, 0.4) is 0 Å². The summed E-state index contributed by atoms with van der Waals surface area (Å²) in [5, 5.41) is 0. The number of methoxy groups -OCH3 is 1. The van der Waals surface area contributed by atoms with Gasteiger partial charge >= 0.3 is 6.61 Å². The van der Waals surface area contributed by atoms with Gasteiger partial charge in [-0.2, -0.15) is 8.78 Å². The average molecular weight is 297 g/mol. The molecular weight excluding hydrogens is 280 g/mol. The average Bonchev–Trinajstić information content (AvgIpc) is 2.94. The SMILES string of the molecule is COCCC(N)c1ncc(-c2cccc(OC(F)F)c2)[nH]1. The normalized spacial score (nSPS) is 12.6. The lowest BCUT2D eigenvalue weighted by Crippen LogP contribution is -2.14. The van der Waals surface area contributed by atoms with Crippen LogP contribution in [0.4, 0.5) is 8.78 Å². The lowest BCUT2D eigenvalue weighted by Gasteiger charge is -2.08. The van der Waals surface area contributed by atoms with Gasteiger partial charge in [0.25, 0.3) is 0 Å². The number of imidazole rings is 1. The van der Waals surface area contributed by atoms with Crippen molar-refractivity contribution in [1.82, 2.24) is 9.97 Å². The Morgan fingerprint density at radius 1 is 1.38 bits per heavy atom. The lowest BCUT2D eigenvalue weighted by molar-refractivity contribution is -0.0498. The summed E-state index contributed by atoms with van der Waals surface area (Å²) < 4.78 is 33.8. The van der Waals surface area contributed by atoms with Crippen LogP contribution in [0.15, 0.2) is 30.5 Å². The maximum absolute atomic E-state index is 12.2. The van der Waals surface area contributed by atoms with Crippen LogP contribution in [0.25, 0.3) is 11.3 Å². The third kappa shape index (κ3) is 4.24. The standard InChI is InChI=1S/C14H17F2N3O2/c1-20-6-5-11(17)13-18-8-12(19-13)9-3-2-4-10(7-9)21-14(15)16/h2-4,7-8,11,14H,5-6,17H2,1H3,(H,18,19). The molecular formula is C14H17F2N3O2. The third-order valence-corrected chi connectivity index (χ3v) is 2.95. The van der Waals surface area contributed by atoms with Crippen LogP contribution in [0.2, 0.25) is 0 Å². The lowest BCUT2D eigenvalue weighted by atomic mass is 10.1. The minimum Gasteiger partial charge on any atom is -0.435 e. The third-order valence-electron chi connectivity index (χ3n) is 2.95. The van der Waals surface area contributed by atoms with Gasteiger partial charge in [0.15, 0.2) is 0 Å². The van der Waals surface area contributed by atoms with Gasteiger partial charge in [-0.1, -0.05) is 12.1 Å². The van der Waals surface area contributed by atoms with Gasteiger partial charge in [-0.05, 0) is 18.6 Å². The molecule has 1 aromatic carbocycles. The molecule has 2 aromatic rings. The van der Waals surface area contributed by atoms with Crippen LogP contribution in [0.1, 0.15) is 18.3 Å². The molecule has 1 heterocycles. The summed E-state index contributed by atoms with van der Waals surface area (Å²) in [6.07, 6.45) is 2.25. The fourth-order valence-electron chi connectivity index (χ4n) is 1.89. The van der Waals surface area contributed by atoms with Crippen LogP contribution in [0, 0.1) is 0 Å². The molecule has 0 aliphatic heterocycles. The highest BCUT2D eigenvalue weighted by molar-refractivity contribution is 5.60. The summed E-state index contributed by atoms with van der Waals surface area (Å²) in [5.74, 6) is 0.726. The molecule has 1 aromatic heterocycles. The molecule has 2 rings (SSSR count). The van der Waals surface area contributed by atoms with Crippen molar-refractivity contribution in [2.75, 3.05) is 13.7 Å². The number of nitrogens with two attached hydrogens (primary N) is 1. The number of benzene rings is 1. The number of nitrogens with zero attached hydrogens (tertiary/aromatic N) is 1. The van der Waals surface area contributed by atoms with Gasteiger partial charge in [-0.3, -0.25) is 0 Å². The van der Waals surface area contributed by atoms with Crippen LogP contribution in [-0.2, 0) is 4.74 Å². The topological polar surface area (TPSA) is 73.2 Å². The zero-order valence-electron chi connectivity index (χ0n) is 11.6. The number of hydrogen-bond acceptors (Lipinski definition) is 4. The summed E-state index contributed by atoms with van der Waals surface area (Å²) in [6.45, 7) is -2.31. The van der Waals surface area contributed by atoms with E-state index in [0.29, 0.717) is 30.1 Å². The molecule has 0 amide bonds. The molecule has 0 radical (unpaired) electrons. The van der Waals surface area contributed by atoms with E-state index in [0.717, 1.165) is 0 Å². The number of aromatic amines is 1. The van der Waals surface area contributed by atoms with Gasteiger partial charge in [0.2, 0.25) is 0 Å². The molecule has 1 unspecified atom stereocenters. The number of halogens is 2. The number of nitrogens with one attached hydrogen (secondary N) is 1. The molecule has 3 N–H and O–H groups in total. The Kier molecular flexibility index (Phi) is 5.24. The molecule has 114 valence electrons. The van der Waals surface area contributed by atoms with E-state index in [1.807, 2.05) is 0 Å². The molecule has 21 heavy (non-hydrogen) atoms. The van der Waals surface area contributed by atoms with Crippen molar-refractivity contribution >= 4 is 0 Å². The molecule has 0 aliphatic rings. The van der Waals surface area contributed by atoms with Crippen molar-refractivity contribution < 1.29 is 18.3 Å². The molecule has 0 spiro atoms. The number of aromatic nitrogens is 2. The first-order valence-corrected chi connectivity index (χ1v) is 6.45. The summed E-state index contributed by atoms with van der Waals surface area (Å²) in [5.41, 5.74) is 7.36. The highest BCUT2D eigenvalue weighted by Gasteiger charge is 2.12. The van der Waals surface area contributed by atoms with E-state index in [9.17, 15) is 8.78 Å². The molecule has 0 saturated carbocycles. The van der Waals surface area contributed by atoms with E-state index in [1.165, 1.54) is 12.1 Å². The number of alkyl halides is 2. The summed E-state index contributed by atoms with van der Waals surface area (Å²) in [6, 6.07) is 6.13. The zero-order chi connectivity index (χ0) is 15.2. The molecule has 0 aliphatic carbocycles. The summed E-state index contributed by atoms with van der Waals surface area (Å²) in [7, 11) is 1.61. The number of ether oxygens (including phenoxy) is 2. The fourth-order valence-corrected chi connectivity index (χ4v) is 1.89. The Bertz CT molecular complexity index is 575. The van der Waals surface area contributed by atoms with E-state index in [2.05, 4.69) is 14.7 Å². The zero-order valence-corrected chi connectivity index (χ0v) is 11.6. The minimum atomic E-state index is -2.85. The molecule has 0 saturated heterocycles. The Morgan fingerprint density at radius 2 is 2.19 bits per heavy atom. The van der Waals surface area contributed by atoms with E-state index < -0.39 is 6.61 Å². The van der Waals surface area contributed by atoms with Crippen LogP contribution < -0.4 is 10.5 Å². The first-order valence-electron chi connectivity index (χ1n) is 6.45. The quantitative estimate of drug-likeness (QED) is 0.824. The van der Waals surface area contributed by atoms with E-state index in [-0.39, 0.29) is 11.8 Å². The molecule has 1 atom stereocenters. The second kappa shape index (κ2) is 7.14. The second-order valence-corrected chi connectivity index (χ2v) is 4.48. The largest absolute Gasteiger partial charge is 0.435 e. The first-order chi connectivity index (χ1) is 10.1. The summed E-state index contributed by atoms with van der Waals surface area (Å²) in [4.78, 5) is 7.29. The minimum absolute atomic E-state index is 0.0994. The Morgan fingerprint density at radius 3 is 2.90 bits per heavy atom. The van der Waals surface area contributed by atoms with E-state index >= 15 is 0 Å². The van der Waals surface area contributed by atoms with Crippen LogP contribution in [-0.4, -0.2) is 30.3 Å². The van der Waals surface area contributed by atoms with Crippen molar-refractivity contribution in [3.8, 4) is 17.0 Å². The van der Waals surface area contributed by atoms with Gasteiger partial charge in [0, 0.05) is 19.3 Å².